The number of ether oxygens (including phenoxy) is 1. The fourth-order valence-corrected chi connectivity index (χ4v) is 4.05. The third-order valence-corrected chi connectivity index (χ3v) is 5.84. The van der Waals surface area contributed by atoms with E-state index in [2.05, 4.69) is 10.3 Å². The zero-order valence-electron chi connectivity index (χ0n) is 16.8. The normalized spacial score (nSPS) is 10.8. The van der Waals surface area contributed by atoms with Gasteiger partial charge >= 0.3 is 0 Å². The van der Waals surface area contributed by atoms with Crippen molar-refractivity contribution in [1.29, 1.82) is 0 Å². The molecule has 0 atom stereocenters. The van der Waals surface area contributed by atoms with Crippen molar-refractivity contribution in [1.82, 2.24) is 9.55 Å². The Kier molecular flexibility index (Phi) is 6.43. The number of aromatic nitrogens is 2. The molecule has 0 saturated carbocycles. The van der Waals surface area contributed by atoms with Crippen LogP contribution in [0.4, 0.5) is 10.1 Å². The molecule has 1 aromatic heterocycles. The van der Waals surface area contributed by atoms with E-state index in [0.29, 0.717) is 33.2 Å². The van der Waals surface area contributed by atoms with Crippen molar-refractivity contribution >= 4 is 45.9 Å². The predicted molar refractivity (Wildman–Crippen MR) is 125 cm³/mol. The van der Waals surface area contributed by atoms with E-state index in [1.165, 1.54) is 22.8 Å². The van der Waals surface area contributed by atoms with E-state index in [0.717, 1.165) is 11.8 Å². The number of benzene rings is 3. The number of nitrogens with zero attached hydrogens (tertiary/aromatic N) is 2. The van der Waals surface area contributed by atoms with Crippen molar-refractivity contribution in [2.24, 2.45) is 0 Å². The number of amides is 1. The number of rotatable bonds is 6. The van der Waals surface area contributed by atoms with Gasteiger partial charge in [0, 0.05) is 5.69 Å². The van der Waals surface area contributed by atoms with Gasteiger partial charge in [-0.3, -0.25) is 14.2 Å². The summed E-state index contributed by atoms with van der Waals surface area (Å²) >= 11 is 7.03. The topological polar surface area (TPSA) is 73.2 Å². The monoisotopic (exact) mass is 469 g/mol. The maximum atomic E-state index is 13.7. The fourth-order valence-electron chi connectivity index (χ4n) is 3.06. The molecule has 0 aliphatic heterocycles. The number of halogens is 2. The molecule has 0 bridgehead atoms. The molecule has 0 saturated heterocycles. The Morgan fingerprint density at radius 2 is 1.91 bits per heavy atom. The van der Waals surface area contributed by atoms with Gasteiger partial charge in [-0.25, -0.2) is 9.37 Å². The highest BCUT2D eigenvalue weighted by molar-refractivity contribution is 7.99. The number of thioether (sulfide) groups is 1. The van der Waals surface area contributed by atoms with E-state index in [1.807, 2.05) is 0 Å². The van der Waals surface area contributed by atoms with Crippen LogP contribution in [0.15, 0.2) is 76.7 Å². The van der Waals surface area contributed by atoms with Gasteiger partial charge in [-0.05, 0) is 54.6 Å². The number of carbonyl (C=O) groups excluding carboxylic acids is 1. The van der Waals surface area contributed by atoms with Gasteiger partial charge < -0.3 is 10.1 Å². The largest absolute Gasteiger partial charge is 0.497 e. The van der Waals surface area contributed by atoms with Crippen LogP contribution in [0.25, 0.3) is 16.6 Å². The molecule has 0 fully saturated rings. The molecule has 0 aliphatic rings. The Hall–Kier alpha value is -3.36. The summed E-state index contributed by atoms with van der Waals surface area (Å²) in [5.74, 6) is -0.178. The van der Waals surface area contributed by atoms with Crippen LogP contribution in [0, 0.1) is 5.82 Å². The highest BCUT2D eigenvalue weighted by Crippen LogP contribution is 2.24. The van der Waals surface area contributed by atoms with Crippen LogP contribution in [0.5, 0.6) is 5.75 Å². The zero-order valence-corrected chi connectivity index (χ0v) is 18.4. The zero-order chi connectivity index (χ0) is 22.7. The minimum atomic E-state index is -0.592. The van der Waals surface area contributed by atoms with Gasteiger partial charge in [-0.15, -0.1) is 0 Å². The standard InChI is InChI=1S/C23H17ClFN3O3S/c1-31-16-9-6-14(7-10-16)26-21(29)13-32-23-27-20-5-3-2-4-17(20)22(30)28(23)15-8-11-19(25)18(24)12-15/h2-12H,13H2,1H3,(H,26,29). The second kappa shape index (κ2) is 9.42. The number of hydrogen-bond acceptors (Lipinski definition) is 5. The van der Waals surface area contributed by atoms with Crippen molar-refractivity contribution in [3.63, 3.8) is 0 Å². The van der Waals surface area contributed by atoms with Crippen LogP contribution in [0.3, 0.4) is 0 Å². The summed E-state index contributed by atoms with van der Waals surface area (Å²) < 4.78 is 20.1. The quantitative estimate of drug-likeness (QED) is 0.320. The number of hydrogen-bond donors (Lipinski definition) is 1. The lowest BCUT2D eigenvalue weighted by molar-refractivity contribution is -0.113. The summed E-state index contributed by atoms with van der Waals surface area (Å²) in [6.45, 7) is 0. The average Bonchev–Trinajstić information content (AvgIpc) is 2.80. The fraction of sp³-hybridized carbons (Fsp3) is 0.0870. The van der Waals surface area contributed by atoms with Gasteiger partial charge in [0.1, 0.15) is 11.6 Å². The molecule has 9 heteroatoms. The summed E-state index contributed by atoms with van der Waals surface area (Å²) in [7, 11) is 1.56. The molecular weight excluding hydrogens is 453 g/mol. The third-order valence-electron chi connectivity index (χ3n) is 4.61. The number of anilines is 1. The molecule has 0 unspecified atom stereocenters. The number of methoxy groups -OCH3 is 1. The highest BCUT2D eigenvalue weighted by Gasteiger charge is 2.16. The van der Waals surface area contributed by atoms with Crippen molar-refractivity contribution in [3.05, 3.63) is 87.9 Å². The Balaban J connectivity index is 1.65. The van der Waals surface area contributed by atoms with E-state index in [4.69, 9.17) is 16.3 Å². The third kappa shape index (κ3) is 4.61. The van der Waals surface area contributed by atoms with E-state index in [1.54, 1.807) is 55.6 Å². The summed E-state index contributed by atoms with van der Waals surface area (Å²) in [4.78, 5) is 30.2. The second-order valence-electron chi connectivity index (χ2n) is 6.72. The van der Waals surface area contributed by atoms with Crippen molar-refractivity contribution in [2.75, 3.05) is 18.2 Å². The second-order valence-corrected chi connectivity index (χ2v) is 8.07. The lowest BCUT2D eigenvalue weighted by atomic mass is 10.2. The summed E-state index contributed by atoms with van der Waals surface area (Å²) in [6.07, 6.45) is 0. The molecule has 4 rings (SSSR count). The van der Waals surface area contributed by atoms with Gasteiger partial charge in [0.15, 0.2) is 5.16 Å². The van der Waals surface area contributed by atoms with Gasteiger partial charge in [-0.1, -0.05) is 35.5 Å². The SMILES string of the molecule is COc1ccc(NC(=O)CSc2nc3ccccc3c(=O)n2-c2ccc(F)c(Cl)c2)cc1. The molecule has 0 spiro atoms. The first-order valence-corrected chi connectivity index (χ1v) is 10.9. The maximum Gasteiger partial charge on any atom is 0.266 e. The van der Waals surface area contributed by atoms with E-state index in [9.17, 15) is 14.0 Å². The number of nitrogens with one attached hydrogen (secondary N) is 1. The summed E-state index contributed by atoms with van der Waals surface area (Å²) in [5, 5.41) is 3.37. The van der Waals surface area contributed by atoms with Crippen LogP contribution in [-0.4, -0.2) is 28.3 Å². The van der Waals surface area contributed by atoms with Gasteiger partial charge in [0.2, 0.25) is 5.91 Å². The van der Waals surface area contributed by atoms with Crippen molar-refractivity contribution in [2.45, 2.75) is 5.16 Å². The highest BCUT2D eigenvalue weighted by atomic mass is 35.5. The van der Waals surface area contributed by atoms with Gasteiger partial charge in [0.05, 0.1) is 34.5 Å². The molecule has 32 heavy (non-hydrogen) atoms. The van der Waals surface area contributed by atoms with E-state index in [-0.39, 0.29) is 22.2 Å². The number of carbonyl (C=O) groups is 1. The molecular formula is C23H17ClFN3O3S. The van der Waals surface area contributed by atoms with E-state index < -0.39 is 5.82 Å². The molecule has 1 N–H and O–H groups in total. The molecule has 0 radical (unpaired) electrons. The van der Waals surface area contributed by atoms with E-state index >= 15 is 0 Å². The molecule has 162 valence electrons. The summed E-state index contributed by atoms with van der Waals surface area (Å²) in [5.41, 5.74) is 1.14. The lowest BCUT2D eigenvalue weighted by Gasteiger charge is -2.14. The predicted octanol–water partition coefficient (Wildman–Crippen LogP) is 4.92. The smallest absolute Gasteiger partial charge is 0.266 e. The van der Waals surface area contributed by atoms with Crippen molar-refractivity contribution in [3.8, 4) is 11.4 Å². The Labute approximate surface area is 192 Å². The Morgan fingerprint density at radius 3 is 2.62 bits per heavy atom. The average molecular weight is 470 g/mol. The molecule has 3 aromatic carbocycles. The van der Waals surface area contributed by atoms with Gasteiger partial charge in [-0.2, -0.15) is 0 Å². The number of fused-ring (bicyclic) bond motifs is 1. The minimum absolute atomic E-state index is 0.00569. The van der Waals surface area contributed by atoms with Crippen LogP contribution in [0.2, 0.25) is 5.02 Å². The molecule has 1 amide bonds. The minimum Gasteiger partial charge on any atom is -0.497 e. The molecule has 6 nitrogen and oxygen atoms in total. The molecule has 1 heterocycles. The molecule has 4 aromatic rings. The number of para-hydroxylation sites is 1. The van der Waals surface area contributed by atoms with Crippen molar-refractivity contribution < 1.29 is 13.9 Å². The Morgan fingerprint density at radius 1 is 1.16 bits per heavy atom. The molecule has 0 aliphatic carbocycles. The van der Waals surface area contributed by atoms with Crippen LogP contribution in [-0.2, 0) is 4.79 Å². The Bertz CT molecular complexity index is 1360. The first-order valence-electron chi connectivity index (χ1n) is 9.50. The van der Waals surface area contributed by atoms with Crippen LogP contribution < -0.4 is 15.6 Å². The van der Waals surface area contributed by atoms with Crippen LogP contribution in [0.1, 0.15) is 0 Å². The summed E-state index contributed by atoms with van der Waals surface area (Å²) in [6, 6.07) is 17.8. The van der Waals surface area contributed by atoms with Gasteiger partial charge in [0.25, 0.3) is 5.56 Å². The lowest BCUT2D eigenvalue weighted by Crippen LogP contribution is -2.23. The first kappa shape index (κ1) is 21.9. The van der Waals surface area contributed by atoms with Crippen LogP contribution >= 0.6 is 23.4 Å². The maximum absolute atomic E-state index is 13.7. The first-order chi connectivity index (χ1) is 15.5.